The molecule has 0 radical (unpaired) electrons. The van der Waals surface area contributed by atoms with Gasteiger partial charge in [0.15, 0.2) is 5.16 Å². The number of thioether (sulfide) groups is 2. The summed E-state index contributed by atoms with van der Waals surface area (Å²) in [6.07, 6.45) is 5.48. The van der Waals surface area contributed by atoms with Crippen molar-refractivity contribution in [1.82, 2.24) is 20.2 Å². The third kappa shape index (κ3) is 5.19. The van der Waals surface area contributed by atoms with Crippen LogP contribution >= 0.6 is 23.5 Å². The second-order valence-electron chi connectivity index (χ2n) is 4.88. The molecule has 1 fully saturated rings. The second kappa shape index (κ2) is 8.40. The number of nitrogens with one attached hydrogen (secondary N) is 1. The summed E-state index contributed by atoms with van der Waals surface area (Å²) in [4.78, 5) is 22.5. The summed E-state index contributed by atoms with van der Waals surface area (Å²) in [7, 11) is 0. The Hall–Kier alpha value is -1.25. The maximum absolute atomic E-state index is 12.1. The molecule has 2 heterocycles. The predicted molar refractivity (Wildman–Crippen MR) is 92.1 cm³/mol. The molecule has 8 heteroatoms. The van der Waals surface area contributed by atoms with Gasteiger partial charge in [0.2, 0.25) is 5.91 Å². The smallest absolute Gasteiger partial charge is 0.246 e. The van der Waals surface area contributed by atoms with Gasteiger partial charge in [-0.2, -0.15) is 0 Å². The van der Waals surface area contributed by atoms with E-state index in [0.29, 0.717) is 11.0 Å². The average molecular weight is 339 g/mol. The van der Waals surface area contributed by atoms with Crippen molar-refractivity contribution >= 4 is 35.2 Å². The van der Waals surface area contributed by atoms with Gasteiger partial charge < -0.3 is 16.0 Å². The lowest BCUT2D eigenvalue weighted by atomic mass is 10.3. The van der Waals surface area contributed by atoms with Crippen molar-refractivity contribution in [3.8, 4) is 0 Å². The van der Waals surface area contributed by atoms with Gasteiger partial charge in [0, 0.05) is 43.6 Å². The Morgan fingerprint density at radius 2 is 2.18 bits per heavy atom. The number of carbonyl (C=O) groups is 1. The largest absolute Gasteiger partial charge is 0.384 e. The van der Waals surface area contributed by atoms with Crippen LogP contribution in [0.3, 0.4) is 0 Å². The topological polar surface area (TPSA) is 84.1 Å². The maximum atomic E-state index is 12.1. The molecule has 0 bridgehead atoms. The van der Waals surface area contributed by atoms with Crippen LogP contribution < -0.4 is 11.1 Å². The fourth-order valence-corrected chi connectivity index (χ4v) is 3.27. The van der Waals surface area contributed by atoms with Crippen molar-refractivity contribution in [2.24, 2.45) is 0 Å². The normalized spacial score (nSPS) is 16.9. The van der Waals surface area contributed by atoms with Crippen molar-refractivity contribution in [3.05, 3.63) is 18.2 Å². The first-order chi connectivity index (χ1) is 10.6. The van der Waals surface area contributed by atoms with E-state index < -0.39 is 0 Å². The first-order valence-electron chi connectivity index (χ1n) is 7.11. The van der Waals surface area contributed by atoms with E-state index in [1.807, 2.05) is 24.2 Å². The molecule has 1 amide bonds. The summed E-state index contributed by atoms with van der Waals surface area (Å²) in [5, 5.41) is 4.82. The van der Waals surface area contributed by atoms with Crippen molar-refractivity contribution in [3.63, 3.8) is 0 Å². The SMILES string of the molecule is CSc1cc(N)nc(SC(C)/C=C/C(=O)N2CCNCC2)n1. The van der Waals surface area contributed by atoms with Crippen LogP contribution in [0.5, 0.6) is 0 Å². The zero-order valence-corrected chi connectivity index (χ0v) is 14.4. The minimum Gasteiger partial charge on any atom is -0.384 e. The number of amides is 1. The number of aromatic nitrogens is 2. The molecular weight excluding hydrogens is 318 g/mol. The molecule has 1 aliphatic heterocycles. The molecule has 0 saturated carbocycles. The van der Waals surface area contributed by atoms with Gasteiger partial charge in [0.1, 0.15) is 10.8 Å². The summed E-state index contributed by atoms with van der Waals surface area (Å²) in [6, 6.07) is 1.75. The van der Waals surface area contributed by atoms with Gasteiger partial charge in [-0.3, -0.25) is 4.79 Å². The molecular formula is C14H21N5OS2. The second-order valence-corrected chi connectivity index (χ2v) is 7.05. The Morgan fingerprint density at radius 3 is 2.86 bits per heavy atom. The first-order valence-corrected chi connectivity index (χ1v) is 9.22. The van der Waals surface area contributed by atoms with Gasteiger partial charge in [-0.1, -0.05) is 17.8 Å². The lowest BCUT2D eigenvalue weighted by Gasteiger charge is -2.26. The van der Waals surface area contributed by atoms with E-state index in [1.165, 1.54) is 23.5 Å². The van der Waals surface area contributed by atoms with Crippen LogP contribution in [0.2, 0.25) is 0 Å². The third-order valence-electron chi connectivity index (χ3n) is 3.14. The van der Waals surface area contributed by atoms with Gasteiger partial charge in [0.05, 0.1) is 0 Å². The van der Waals surface area contributed by atoms with Gasteiger partial charge >= 0.3 is 0 Å². The highest BCUT2D eigenvalue weighted by Gasteiger charge is 2.14. The van der Waals surface area contributed by atoms with Crippen LogP contribution in [0.25, 0.3) is 0 Å². The van der Waals surface area contributed by atoms with Crippen LogP contribution in [0.1, 0.15) is 6.92 Å². The number of nitrogen functional groups attached to an aromatic ring is 1. The Bertz CT molecular complexity index is 546. The molecule has 120 valence electrons. The van der Waals surface area contributed by atoms with Crippen LogP contribution in [-0.2, 0) is 4.79 Å². The molecule has 1 atom stereocenters. The monoisotopic (exact) mass is 339 g/mol. The summed E-state index contributed by atoms with van der Waals surface area (Å²) >= 11 is 3.02. The van der Waals surface area contributed by atoms with Crippen LogP contribution in [0.15, 0.2) is 28.4 Å². The van der Waals surface area contributed by atoms with Crippen molar-refractivity contribution in [2.75, 3.05) is 38.2 Å². The molecule has 6 nitrogen and oxygen atoms in total. The van der Waals surface area contributed by atoms with E-state index in [1.54, 1.807) is 12.1 Å². The molecule has 1 aliphatic rings. The lowest BCUT2D eigenvalue weighted by Crippen LogP contribution is -2.45. The van der Waals surface area contributed by atoms with Crippen LogP contribution in [0.4, 0.5) is 5.82 Å². The summed E-state index contributed by atoms with van der Waals surface area (Å²) in [5.74, 6) is 0.530. The standard InChI is InChI=1S/C14H21N5OS2/c1-10(3-4-13(20)19-7-5-16-6-8-19)22-14-17-11(15)9-12(18-14)21-2/h3-4,9-10,16H,5-8H2,1-2H3,(H2,15,17,18)/b4-3+. The van der Waals surface area contributed by atoms with Crippen LogP contribution in [-0.4, -0.2) is 58.5 Å². The van der Waals surface area contributed by atoms with Crippen LogP contribution in [0, 0.1) is 0 Å². The lowest BCUT2D eigenvalue weighted by molar-refractivity contribution is -0.126. The Balaban J connectivity index is 1.91. The number of nitrogens with two attached hydrogens (primary N) is 1. The Labute approximate surface area is 139 Å². The van der Waals surface area contributed by atoms with E-state index in [2.05, 4.69) is 15.3 Å². The van der Waals surface area contributed by atoms with Gasteiger partial charge in [0.25, 0.3) is 0 Å². The molecule has 1 unspecified atom stereocenters. The number of carbonyl (C=O) groups excluding carboxylic acids is 1. The maximum Gasteiger partial charge on any atom is 0.246 e. The molecule has 1 aromatic heterocycles. The molecule has 0 aromatic carbocycles. The first kappa shape index (κ1) is 17.1. The minimum absolute atomic E-state index is 0.0623. The molecule has 0 spiro atoms. The number of hydrogen-bond acceptors (Lipinski definition) is 7. The predicted octanol–water partition coefficient (Wildman–Crippen LogP) is 1.25. The average Bonchev–Trinajstić information content (AvgIpc) is 2.52. The van der Waals surface area contributed by atoms with Crippen molar-refractivity contribution in [2.45, 2.75) is 22.4 Å². The highest BCUT2D eigenvalue weighted by molar-refractivity contribution is 8.00. The van der Waals surface area contributed by atoms with Gasteiger partial charge in [-0.25, -0.2) is 9.97 Å². The number of nitrogens with zero attached hydrogens (tertiary/aromatic N) is 3. The van der Waals surface area contributed by atoms with E-state index in [4.69, 9.17) is 5.73 Å². The third-order valence-corrected chi connectivity index (χ3v) is 4.69. The number of piperazine rings is 1. The summed E-state index contributed by atoms with van der Waals surface area (Å²) in [5.41, 5.74) is 5.77. The molecule has 3 N–H and O–H groups in total. The molecule has 1 saturated heterocycles. The number of rotatable bonds is 5. The molecule has 2 rings (SSSR count). The quantitative estimate of drug-likeness (QED) is 0.361. The van der Waals surface area contributed by atoms with Crippen molar-refractivity contribution in [1.29, 1.82) is 0 Å². The fraction of sp³-hybridized carbons (Fsp3) is 0.500. The van der Waals surface area contributed by atoms with Crippen molar-refractivity contribution < 1.29 is 4.79 Å². The molecule has 1 aromatic rings. The number of hydrogen-bond donors (Lipinski definition) is 2. The van der Waals surface area contributed by atoms with E-state index >= 15 is 0 Å². The minimum atomic E-state index is 0.0623. The number of anilines is 1. The highest BCUT2D eigenvalue weighted by atomic mass is 32.2. The Morgan fingerprint density at radius 1 is 1.45 bits per heavy atom. The molecule has 0 aliphatic carbocycles. The van der Waals surface area contributed by atoms with E-state index in [0.717, 1.165) is 31.2 Å². The Kier molecular flexibility index (Phi) is 6.53. The van der Waals surface area contributed by atoms with E-state index in [-0.39, 0.29) is 11.2 Å². The highest BCUT2D eigenvalue weighted by Crippen LogP contribution is 2.24. The fourth-order valence-electron chi connectivity index (χ4n) is 1.99. The zero-order valence-electron chi connectivity index (χ0n) is 12.8. The van der Waals surface area contributed by atoms with Gasteiger partial charge in [-0.15, -0.1) is 11.8 Å². The van der Waals surface area contributed by atoms with E-state index in [9.17, 15) is 4.79 Å². The molecule has 22 heavy (non-hydrogen) atoms. The summed E-state index contributed by atoms with van der Waals surface area (Å²) in [6.45, 7) is 5.26. The summed E-state index contributed by atoms with van der Waals surface area (Å²) < 4.78 is 0. The van der Waals surface area contributed by atoms with Gasteiger partial charge in [-0.05, 0) is 13.2 Å². The zero-order chi connectivity index (χ0) is 15.9.